The molecule has 0 aliphatic heterocycles. The van der Waals surface area contributed by atoms with Gasteiger partial charge < -0.3 is 14.5 Å². The number of rotatable bonds is 7. The molecule has 1 aromatic carbocycles. The second-order valence-electron chi connectivity index (χ2n) is 5.97. The van der Waals surface area contributed by atoms with Crippen LogP contribution >= 0.6 is 0 Å². The van der Waals surface area contributed by atoms with Gasteiger partial charge in [0.2, 0.25) is 5.95 Å². The van der Waals surface area contributed by atoms with Crippen LogP contribution in [0.15, 0.2) is 24.3 Å². The third kappa shape index (κ3) is 4.29. The second kappa shape index (κ2) is 8.43. The zero-order valence-corrected chi connectivity index (χ0v) is 15.4. The van der Waals surface area contributed by atoms with Crippen molar-refractivity contribution in [3.63, 3.8) is 0 Å². The van der Waals surface area contributed by atoms with Gasteiger partial charge in [-0.15, -0.1) is 0 Å². The molecule has 0 aliphatic rings. The van der Waals surface area contributed by atoms with Crippen LogP contribution in [0.2, 0.25) is 0 Å². The van der Waals surface area contributed by atoms with E-state index in [2.05, 4.69) is 9.97 Å². The third-order valence-electron chi connectivity index (χ3n) is 3.79. The first kappa shape index (κ1) is 20.1. The topological polar surface area (TPSA) is 106 Å². The lowest BCUT2D eigenvalue weighted by Crippen LogP contribution is -2.24. The van der Waals surface area contributed by atoms with Gasteiger partial charge >= 0.3 is 0 Å². The van der Waals surface area contributed by atoms with E-state index in [1.807, 2.05) is 13.8 Å². The number of halogens is 1. The van der Waals surface area contributed by atoms with E-state index in [0.29, 0.717) is 23.1 Å². The first-order valence-electron chi connectivity index (χ1n) is 7.88. The maximum atomic E-state index is 13.3. The molecule has 1 aromatic heterocycles. The van der Waals surface area contributed by atoms with Crippen molar-refractivity contribution in [1.29, 1.82) is 0 Å². The third-order valence-corrected chi connectivity index (χ3v) is 4.40. The molecular formula is C17H19FN3O4S-. The Morgan fingerprint density at radius 1 is 1.31 bits per heavy atom. The van der Waals surface area contributed by atoms with Crippen molar-refractivity contribution in [2.75, 3.05) is 11.4 Å². The number of aliphatic hydroxyl groups is 1. The highest BCUT2D eigenvalue weighted by molar-refractivity contribution is 7.80. The van der Waals surface area contributed by atoms with Gasteiger partial charge in [0.25, 0.3) is 0 Å². The van der Waals surface area contributed by atoms with E-state index < -0.39 is 23.2 Å². The largest absolute Gasteiger partial charge is 0.755 e. The molecule has 2 aromatic rings. The maximum Gasteiger partial charge on any atom is 0.237 e. The van der Waals surface area contributed by atoms with Crippen LogP contribution in [0.4, 0.5) is 10.3 Å². The van der Waals surface area contributed by atoms with Crippen LogP contribution in [-0.2, 0) is 16.1 Å². The summed E-state index contributed by atoms with van der Waals surface area (Å²) >= 11 is -2.59. The summed E-state index contributed by atoms with van der Waals surface area (Å²) < 4.78 is 36.7. The van der Waals surface area contributed by atoms with Gasteiger partial charge in [-0.2, -0.15) is 0 Å². The molecule has 9 heteroatoms. The smallest absolute Gasteiger partial charge is 0.237 e. The van der Waals surface area contributed by atoms with Gasteiger partial charge in [-0.25, -0.2) is 14.4 Å². The SMILES string of the molecule is CC(C)c1nc(N(C)S(=O)[O-])nc(-c2ccc(F)cc2)c1C(O)CC=O. The van der Waals surface area contributed by atoms with E-state index >= 15 is 0 Å². The molecule has 26 heavy (non-hydrogen) atoms. The monoisotopic (exact) mass is 380 g/mol. The summed E-state index contributed by atoms with van der Waals surface area (Å²) in [5.74, 6) is -0.705. The fourth-order valence-electron chi connectivity index (χ4n) is 2.49. The molecule has 0 fully saturated rings. The van der Waals surface area contributed by atoms with E-state index in [-0.39, 0.29) is 24.0 Å². The number of carbonyl (C=O) groups excluding carboxylic acids is 1. The predicted octanol–water partition coefficient (Wildman–Crippen LogP) is 2.26. The van der Waals surface area contributed by atoms with Crippen molar-refractivity contribution in [3.05, 3.63) is 41.3 Å². The molecule has 7 nitrogen and oxygen atoms in total. The van der Waals surface area contributed by atoms with Gasteiger partial charge in [0.15, 0.2) is 0 Å². The molecule has 0 aliphatic carbocycles. The Balaban J connectivity index is 2.79. The van der Waals surface area contributed by atoms with Gasteiger partial charge in [0.1, 0.15) is 12.1 Å². The van der Waals surface area contributed by atoms with Crippen molar-refractivity contribution in [2.45, 2.75) is 32.3 Å². The maximum absolute atomic E-state index is 13.3. The number of nitrogens with zero attached hydrogens (tertiary/aromatic N) is 3. The number of anilines is 1. The number of aldehydes is 1. The molecule has 1 heterocycles. The first-order chi connectivity index (χ1) is 12.3. The zero-order valence-electron chi connectivity index (χ0n) is 14.5. The average Bonchev–Trinajstić information content (AvgIpc) is 2.60. The summed E-state index contributed by atoms with van der Waals surface area (Å²) in [7, 11) is 1.29. The molecule has 0 saturated heterocycles. The molecule has 0 saturated carbocycles. The lowest BCUT2D eigenvalue weighted by atomic mass is 9.93. The molecule has 0 bridgehead atoms. The Kier molecular flexibility index (Phi) is 6.52. The highest BCUT2D eigenvalue weighted by atomic mass is 32.2. The number of aliphatic hydroxyl groups excluding tert-OH is 1. The summed E-state index contributed by atoms with van der Waals surface area (Å²) in [5, 5.41) is 10.5. The minimum absolute atomic E-state index is 0.0802. The van der Waals surface area contributed by atoms with Gasteiger partial charge in [-0.1, -0.05) is 13.8 Å². The Hall–Kier alpha value is -2.23. The second-order valence-corrected chi connectivity index (χ2v) is 6.95. The molecular weight excluding hydrogens is 361 g/mol. The van der Waals surface area contributed by atoms with E-state index in [0.717, 1.165) is 4.31 Å². The molecule has 2 rings (SSSR count). The van der Waals surface area contributed by atoms with Crippen LogP contribution in [0.3, 0.4) is 0 Å². The van der Waals surface area contributed by atoms with Crippen LogP contribution in [0, 0.1) is 5.82 Å². The van der Waals surface area contributed by atoms with Gasteiger partial charge in [0.05, 0.1) is 17.5 Å². The Morgan fingerprint density at radius 2 is 1.92 bits per heavy atom. The fraction of sp³-hybridized carbons (Fsp3) is 0.353. The minimum atomic E-state index is -2.59. The van der Waals surface area contributed by atoms with E-state index in [4.69, 9.17) is 0 Å². The predicted molar refractivity (Wildman–Crippen MR) is 94.5 cm³/mol. The molecule has 0 radical (unpaired) electrons. The number of hydrogen-bond donors (Lipinski definition) is 1. The number of hydrogen-bond acceptors (Lipinski definition) is 6. The summed E-state index contributed by atoms with van der Waals surface area (Å²) in [6.45, 7) is 3.65. The van der Waals surface area contributed by atoms with Gasteiger partial charge in [-0.05, 0) is 30.2 Å². The summed E-state index contributed by atoms with van der Waals surface area (Å²) in [6, 6.07) is 5.41. The Morgan fingerprint density at radius 3 is 2.42 bits per heavy atom. The summed E-state index contributed by atoms with van der Waals surface area (Å²) in [6.07, 6.45) is -0.752. The van der Waals surface area contributed by atoms with E-state index in [1.165, 1.54) is 31.3 Å². The molecule has 2 unspecified atom stereocenters. The van der Waals surface area contributed by atoms with E-state index in [1.54, 1.807) is 0 Å². The van der Waals surface area contributed by atoms with Crippen LogP contribution in [0.25, 0.3) is 11.3 Å². The first-order valence-corrected chi connectivity index (χ1v) is 8.92. The number of aromatic nitrogens is 2. The van der Waals surface area contributed by atoms with Crippen LogP contribution < -0.4 is 4.31 Å². The molecule has 0 spiro atoms. The van der Waals surface area contributed by atoms with Gasteiger partial charge in [-0.3, -0.25) is 8.51 Å². The summed E-state index contributed by atoms with van der Waals surface area (Å²) in [5.41, 5.74) is 1.47. The zero-order chi connectivity index (χ0) is 19.4. The van der Waals surface area contributed by atoms with Crippen molar-refractivity contribution in [1.82, 2.24) is 9.97 Å². The van der Waals surface area contributed by atoms with Crippen LogP contribution in [0.1, 0.15) is 43.5 Å². The molecule has 2 atom stereocenters. The van der Waals surface area contributed by atoms with Crippen molar-refractivity contribution in [3.8, 4) is 11.3 Å². The average molecular weight is 380 g/mol. The standard InChI is InChI=1S/C17H20FN3O4S/c1-10(2)15-14(13(23)8-9-22)16(11-4-6-12(18)7-5-11)20-17(19-15)21(3)26(24)25/h4-7,9-10,13,23H,8H2,1-3H3,(H,24,25)/p-1. The van der Waals surface area contributed by atoms with Gasteiger partial charge in [0, 0.05) is 35.9 Å². The summed E-state index contributed by atoms with van der Waals surface area (Å²) in [4.78, 5) is 19.4. The minimum Gasteiger partial charge on any atom is -0.755 e. The van der Waals surface area contributed by atoms with Crippen LogP contribution in [0.5, 0.6) is 0 Å². The lowest BCUT2D eigenvalue weighted by Gasteiger charge is -2.25. The number of carbonyl (C=O) groups is 1. The molecule has 140 valence electrons. The van der Waals surface area contributed by atoms with Crippen molar-refractivity contribution >= 4 is 23.5 Å². The normalized spacial score (nSPS) is 13.5. The fourth-order valence-corrected chi connectivity index (χ4v) is 2.70. The molecule has 0 amide bonds. The van der Waals surface area contributed by atoms with Crippen molar-refractivity contribution in [2.24, 2.45) is 0 Å². The van der Waals surface area contributed by atoms with E-state index in [9.17, 15) is 23.1 Å². The van der Waals surface area contributed by atoms with Crippen molar-refractivity contribution < 1.29 is 23.1 Å². The van der Waals surface area contributed by atoms with Crippen LogP contribution in [-0.4, -0.2) is 37.2 Å². The number of benzene rings is 1. The quantitative estimate of drug-likeness (QED) is 0.583. The lowest BCUT2D eigenvalue weighted by molar-refractivity contribution is -0.109. The molecule has 1 N–H and O–H groups in total. The Bertz CT molecular complexity index is 814. The highest BCUT2D eigenvalue weighted by Gasteiger charge is 2.25. The highest BCUT2D eigenvalue weighted by Crippen LogP contribution is 2.35. The Labute approximate surface area is 153 Å².